The molecule has 1 aromatic carbocycles. The van der Waals surface area contributed by atoms with Crippen LogP contribution in [0.4, 0.5) is 27.4 Å². The highest BCUT2D eigenvalue weighted by Gasteiger charge is 2.13. The van der Waals surface area contributed by atoms with Gasteiger partial charge in [0.25, 0.3) is 0 Å². The standard InChI is InChI=1S/C11H7Cl2FN4O2/c12-6-3-5(4-7(13)10(6)14)16-9-2-1-8(18(19)20)11(15)17-9/h1-4H,(H3,15,16,17). The highest BCUT2D eigenvalue weighted by Crippen LogP contribution is 2.29. The van der Waals surface area contributed by atoms with E-state index in [2.05, 4.69) is 10.3 Å². The Labute approximate surface area is 122 Å². The maximum Gasteiger partial charge on any atom is 0.311 e. The smallest absolute Gasteiger partial charge is 0.311 e. The van der Waals surface area contributed by atoms with Gasteiger partial charge in [-0.1, -0.05) is 23.2 Å². The topological polar surface area (TPSA) is 94.1 Å². The van der Waals surface area contributed by atoms with Crippen molar-refractivity contribution in [3.8, 4) is 0 Å². The van der Waals surface area contributed by atoms with Crippen LogP contribution in [0.15, 0.2) is 24.3 Å². The van der Waals surface area contributed by atoms with Gasteiger partial charge in [-0.15, -0.1) is 0 Å². The van der Waals surface area contributed by atoms with Crippen molar-refractivity contribution in [2.75, 3.05) is 11.1 Å². The number of hydrogen-bond acceptors (Lipinski definition) is 5. The molecule has 3 N–H and O–H groups in total. The van der Waals surface area contributed by atoms with Gasteiger partial charge in [-0.3, -0.25) is 10.1 Å². The van der Waals surface area contributed by atoms with Crippen LogP contribution in [0.2, 0.25) is 10.0 Å². The van der Waals surface area contributed by atoms with Gasteiger partial charge in [0.2, 0.25) is 5.82 Å². The molecule has 104 valence electrons. The Hall–Kier alpha value is -2.12. The van der Waals surface area contributed by atoms with Gasteiger partial charge in [-0.05, 0) is 18.2 Å². The SMILES string of the molecule is Nc1nc(Nc2cc(Cl)c(F)c(Cl)c2)ccc1[N+](=O)[O-]. The van der Waals surface area contributed by atoms with Crippen LogP contribution in [-0.4, -0.2) is 9.91 Å². The molecule has 0 unspecified atom stereocenters. The summed E-state index contributed by atoms with van der Waals surface area (Å²) >= 11 is 11.3. The molecule has 0 aliphatic heterocycles. The van der Waals surface area contributed by atoms with E-state index in [0.29, 0.717) is 5.69 Å². The number of nitrogens with two attached hydrogens (primary N) is 1. The number of benzene rings is 1. The minimum Gasteiger partial charge on any atom is -0.378 e. The second-order valence-corrected chi connectivity index (χ2v) is 4.55. The largest absolute Gasteiger partial charge is 0.378 e. The van der Waals surface area contributed by atoms with E-state index < -0.39 is 10.7 Å². The number of nitrogen functional groups attached to an aromatic ring is 1. The van der Waals surface area contributed by atoms with E-state index in [0.717, 1.165) is 0 Å². The number of aromatic nitrogens is 1. The van der Waals surface area contributed by atoms with E-state index in [1.807, 2.05) is 0 Å². The molecule has 2 aromatic rings. The van der Waals surface area contributed by atoms with Crippen molar-refractivity contribution < 1.29 is 9.31 Å². The molecule has 1 heterocycles. The fourth-order valence-electron chi connectivity index (χ4n) is 1.47. The Balaban J connectivity index is 2.31. The summed E-state index contributed by atoms with van der Waals surface area (Å²) in [5, 5.41) is 13.1. The molecule has 0 amide bonds. The lowest BCUT2D eigenvalue weighted by molar-refractivity contribution is -0.384. The van der Waals surface area contributed by atoms with E-state index >= 15 is 0 Å². The molecule has 2 rings (SSSR count). The lowest BCUT2D eigenvalue weighted by atomic mass is 10.3. The third-order valence-electron chi connectivity index (χ3n) is 2.36. The molecule has 0 spiro atoms. The first-order valence-corrected chi connectivity index (χ1v) is 5.96. The van der Waals surface area contributed by atoms with Crippen molar-refractivity contribution in [3.63, 3.8) is 0 Å². The van der Waals surface area contributed by atoms with E-state index in [1.165, 1.54) is 24.3 Å². The molecule has 20 heavy (non-hydrogen) atoms. The molecule has 0 fully saturated rings. The minimum absolute atomic E-state index is 0.158. The number of nitrogens with one attached hydrogen (secondary N) is 1. The Morgan fingerprint density at radius 2 is 1.90 bits per heavy atom. The summed E-state index contributed by atoms with van der Waals surface area (Å²) in [5.74, 6) is -0.721. The summed E-state index contributed by atoms with van der Waals surface area (Å²) in [4.78, 5) is 13.8. The number of rotatable bonds is 3. The van der Waals surface area contributed by atoms with Crippen molar-refractivity contribution in [1.82, 2.24) is 4.98 Å². The quantitative estimate of drug-likeness (QED) is 0.510. The van der Waals surface area contributed by atoms with E-state index in [4.69, 9.17) is 28.9 Å². The first kappa shape index (κ1) is 14.3. The van der Waals surface area contributed by atoms with Crippen molar-refractivity contribution in [2.24, 2.45) is 0 Å². The molecule has 0 radical (unpaired) electrons. The van der Waals surface area contributed by atoms with Crippen molar-refractivity contribution in [3.05, 3.63) is 50.2 Å². The van der Waals surface area contributed by atoms with Crippen LogP contribution in [0.3, 0.4) is 0 Å². The summed E-state index contributed by atoms with van der Waals surface area (Å²) in [6.07, 6.45) is 0. The lowest BCUT2D eigenvalue weighted by Crippen LogP contribution is -2.01. The zero-order valence-corrected chi connectivity index (χ0v) is 11.2. The number of halogens is 3. The maximum atomic E-state index is 13.3. The summed E-state index contributed by atoms with van der Waals surface area (Å²) in [7, 11) is 0. The van der Waals surface area contributed by atoms with E-state index in [9.17, 15) is 14.5 Å². The van der Waals surface area contributed by atoms with Gasteiger partial charge in [0.1, 0.15) is 5.82 Å². The Bertz CT molecular complexity index is 673. The third kappa shape index (κ3) is 2.89. The fraction of sp³-hybridized carbons (Fsp3) is 0. The summed E-state index contributed by atoms with van der Waals surface area (Å²) in [6.45, 7) is 0. The first-order chi connectivity index (χ1) is 9.38. The van der Waals surface area contributed by atoms with Crippen LogP contribution in [0.1, 0.15) is 0 Å². The zero-order chi connectivity index (χ0) is 14.9. The average molecular weight is 317 g/mol. The Morgan fingerprint density at radius 3 is 2.40 bits per heavy atom. The predicted octanol–water partition coefficient (Wildman–Crippen LogP) is 3.76. The van der Waals surface area contributed by atoms with Crippen LogP contribution in [0.5, 0.6) is 0 Å². The Kier molecular flexibility index (Phi) is 3.91. The van der Waals surface area contributed by atoms with Gasteiger partial charge in [-0.25, -0.2) is 9.37 Å². The highest BCUT2D eigenvalue weighted by atomic mass is 35.5. The summed E-state index contributed by atoms with van der Waals surface area (Å²) < 4.78 is 13.3. The molecule has 0 saturated carbocycles. The number of nitro groups is 1. The van der Waals surface area contributed by atoms with E-state index in [-0.39, 0.29) is 27.4 Å². The van der Waals surface area contributed by atoms with Crippen LogP contribution < -0.4 is 11.1 Å². The molecule has 0 bridgehead atoms. The molecule has 6 nitrogen and oxygen atoms in total. The van der Waals surface area contributed by atoms with Crippen molar-refractivity contribution in [1.29, 1.82) is 0 Å². The highest BCUT2D eigenvalue weighted by molar-refractivity contribution is 6.35. The van der Waals surface area contributed by atoms with Gasteiger partial charge >= 0.3 is 5.69 Å². The summed E-state index contributed by atoms with van der Waals surface area (Å²) in [5.41, 5.74) is 5.53. The monoisotopic (exact) mass is 316 g/mol. The normalized spacial score (nSPS) is 10.3. The zero-order valence-electron chi connectivity index (χ0n) is 9.73. The van der Waals surface area contributed by atoms with Crippen LogP contribution >= 0.6 is 23.2 Å². The van der Waals surface area contributed by atoms with Crippen LogP contribution in [0.25, 0.3) is 0 Å². The van der Waals surface area contributed by atoms with Gasteiger partial charge in [0.05, 0.1) is 15.0 Å². The minimum atomic E-state index is -0.727. The van der Waals surface area contributed by atoms with Crippen LogP contribution in [0, 0.1) is 15.9 Å². The van der Waals surface area contributed by atoms with Gasteiger partial charge in [0.15, 0.2) is 5.82 Å². The molecule has 9 heteroatoms. The van der Waals surface area contributed by atoms with Gasteiger partial charge in [-0.2, -0.15) is 0 Å². The molecule has 0 aliphatic carbocycles. The fourth-order valence-corrected chi connectivity index (χ4v) is 1.95. The molecule has 1 aromatic heterocycles. The first-order valence-electron chi connectivity index (χ1n) is 5.21. The second-order valence-electron chi connectivity index (χ2n) is 3.74. The molecule has 0 atom stereocenters. The molecule has 0 aliphatic rings. The van der Waals surface area contributed by atoms with Crippen molar-refractivity contribution >= 4 is 46.2 Å². The number of anilines is 3. The van der Waals surface area contributed by atoms with E-state index in [1.54, 1.807) is 0 Å². The van der Waals surface area contributed by atoms with Gasteiger partial charge < -0.3 is 11.1 Å². The van der Waals surface area contributed by atoms with Gasteiger partial charge in [0, 0.05) is 11.8 Å². The predicted molar refractivity (Wildman–Crippen MR) is 75.0 cm³/mol. The molecule has 0 saturated heterocycles. The average Bonchev–Trinajstić information content (AvgIpc) is 2.35. The number of nitrogens with zero attached hydrogens (tertiary/aromatic N) is 2. The van der Waals surface area contributed by atoms with Crippen molar-refractivity contribution in [2.45, 2.75) is 0 Å². The third-order valence-corrected chi connectivity index (χ3v) is 2.91. The summed E-state index contributed by atoms with van der Waals surface area (Å²) in [6, 6.07) is 5.18. The maximum absolute atomic E-state index is 13.3. The molecular formula is C11H7Cl2FN4O2. The van der Waals surface area contributed by atoms with Crippen LogP contribution in [-0.2, 0) is 0 Å². The number of pyridine rings is 1. The lowest BCUT2D eigenvalue weighted by Gasteiger charge is -2.08. The Morgan fingerprint density at radius 1 is 1.30 bits per heavy atom. The second kappa shape index (κ2) is 5.48. The molecular weight excluding hydrogens is 310 g/mol. The number of hydrogen-bond donors (Lipinski definition) is 2.